The van der Waals surface area contributed by atoms with Gasteiger partial charge in [-0.2, -0.15) is 0 Å². The molecule has 26 heavy (non-hydrogen) atoms. The van der Waals surface area contributed by atoms with Gasteiger partial charge in [0.15, 0.2) is 5.96 Å². The highest BCUT2D eigenvalue weighted by Crippen LogP contribution is 2.11. The van der Waals surface area contributed by atoms with Gasteiger partial charge in [-0.05, 0) is 24.1 Å². The predicted octanol–water partition coefficient (Wildman–Crippen LogP) is 2.27. The molecule has 0 spiro atoms. The number of hydrogen-bond donors (Lipinski definition) is 2. The molecule has 0 saturated heterocycles. The Labute approximate surface area is 159 Å². The fourth-order valence-corrected chi connectivity index (χ4v) is 2.65. The Morgan fingerprint density at radius 3 is 2.92 bits per heavy atom. The van der Waals surface area contributed by atoms with Crippen molar-refractivity contribution in [3.05, 3.63) is 47.0 Å². The minimum Gasteiger partial charge on any atom is -0.385 e. The summed E-state index contributed by atoms with van der Waals surface area (Å²) in [5.41, 5.74) is 1.07. The van der Waals surface area contributed by atoms with Crippen LogP contribution in [0.5, 0.6) is 0 Å². The van der Waals surface area contributed by atoms with Crippen LogP contribution in [-0.2, 0) is 24.2 Å². The molecular weight excluding hydrogens is 352 g/mol. The van der Waals surface area contributed by atoms with E-state index < -0.39 is 0 Å². The van der Waals surface area contributed by atoms with Crippen molar-refractivity contribution < 1.29 is 4.74 Å². The zero-order valence-corrected chi connectivity index (χ0v) is 16.2. The molecule has 0 aliphatic rings. The van der Waals surface area contributed by atoms with Gasteiger partial charge in [-0.25, -0.2) is 4.99 Å². The van der Waals surface area contributed by atoms with Gasteiger partial charge in [0.1, 0.15) is 12.2 Å². The Morgan fingerprint density at radius 1 is 1.31 bits per heavy atom. The fraction of sp³-hybridized carbons (Fsp3) is 0.500. The summed E-state index contributed by atoms with van der Waals surface area (Å²) in [4.78, 5) is 4.65. The van der Waals surface area contributed by atoms with Crippen LogP contribution in [0.25, 0.3) is 0 Å². The molecular formula is C18H27ClN6O. The molecule has 0 bridgehead atoms. The molecule has 1 aromatic heterocycles. The zero-order valence-electron chi connectivity index (χ0n) is 15.4. The highest BCUT2D eigenvalue weighted by atomic mass is 35.5. The first-order valence-electron chi connectivity index (χ1n) is 8.85. The smallest absolute Gasteiger partial charge is 0.191 e. The second-order valence-corrected chi connectivity index (χ2v) is 6.23. The first kappa shape index (κ1) is 20.2. The van der Waals surface area contributed by atoms with Crippen LogP contribution in [0.3, 0.4) is 0 Å². The van der Waals surface area contributed by atoms with Crippen LogP contribution in [-0.4, -0.2) is 47.5 Å². The van der Waals surface area contributed by atoms with E-state index in [1.807, 2.05) is 28.8 Å². The maximum Gasteiger partial charge on any atom is 0.191 e. The third-order valence-corrected chi connectivity index (χ3v) is 4.02. The molecule has 0 aliphatic carbocycles. The number of nitrogens with zero attached hydrogens (tertiary/aromatic N) is 4. The van der Waals surface area contributed by atoms with Gasteiger partial charge in [-0.1, -0.05) is 30.7 Å². The number of benzene rings is 1. The molecule has 7 nitrogen and oxygen atoms in total. The van der Waals surface area contributed by atoms with E-state index in [1.165, 1.54) is 0 Å². The van der Waals surface area contributed by atoms with E-state index in [9.17, 15) is 0 Å². The van der Waals surface area contributed by atoms with Gasteiger partial charge >= 0.3 is 0 Å². The number of hydrogen-bond acceptors (Lipinski definition) is 4. The van der Waals surface area contributed by atoms with Gasteiger partial charge in [0, 0.05) is 44.8 Å². The zero-order chi connectivity index (χ0) is 18.6. The molecule has 0 unspecified atom stereocenters. The number of halogens is 1. The lowest BCUT2D eigenvalue weighted by Crippen LogP contribution is -2.39. The summed E-state index contributed by atoms with van der Waals surface area (Å²) in [6.07, 6.45) is 3.54. The van der Waals surface area contributed by atoms with Gasteiger partial charge < -0.3 is 19.9 Å². The van der Waals surface area contributed by atoms with Crippen LogP contribution in [0.15, 0.2) is 35.6 Å². The predicted molar refractivity (Wildman–Crippen MR) is 104 cm³/mol. The molecule has 0 radical (unpaired) electrons. The summed E-state index contributed by atoms with van der Waals surface area (Å²) in [7, 11) is 1.71. The molecule has 2 aromatic rings. The van der Waals surface area contributed by atoms with Crippen molar-refractivity contribution in [3.8, 4) is 0 Å². The van der Waals surface area contributed by atoms with Crippen molar-refractivity contribution in [1.29, 1.82) is 0 Å². The lowest BCUT2D eigenvalue weighted by Gasteiger charge is -2.13. The van der Waals surface area contributed by atoms with Crippen LogP contribution in [0, 0.1) is 0 Å². The molecule has 0 fully saturated rings. The third-order valence-electron chi connectivity index (χ3n) is 3.78. The number of nitrogens with one attached hydrogen (secondary N) is 2. The van der Waals surface area contributed by atoms with Gasteiger partial charge in [-0.15, -0.1) is 10.2 Å². The fourth-order valence-electron chi connectivity index (χ4n) is 2.44. The quantitative estimate of drug-likeness (QED) is 0.377. The number of aromatic nitrogens is 3. The van der Waals surface area contributed by atoms with E-state index in [2.05, 4.69) is 32.7 Å². The van der Waals surface area contributed by atoms with Crippen molar-refractivity contribution in [2.45, 2.75) is 32.9 Å². The number of aliphatic imine (C=N–C) groups is 1. The molecule has 0 atom stereocenters. The number of methoxy groups -OCH3 is 1. The van der Waals surface area contributed by atoms with Crippen LogP contribution >= 0.6 is 11.6 Å². The number of guanidine groups is 1. The number of ether oxygens (including phenoxy) is 1. The Bertz CT molecular complexity index is 688. The molecule has 0 aliphatic heterocycles. The van der Waals surface area contributed by atoms with E-state index >= 15 is 0 Å². The minimum atomic E-state index is 0.563. The summed E-state index contributed by atoms with van der Waals surface area (Å²) < 4.78 is 7.14. The van der Waals surface area contributed by atoms with Crippen molar-refractivity contribution in [2.24, 2.45) is 4.99 Å². The summed E-state index contributed by atoms with van der Waals surface area (Å²) in [5, 5.41) is 15.5. The van der Waals surface area contributed by atoms with E-state index in [0.29, 0.717) is 6.54 Å². The average Bonchev–Trinajstić information content (AvgIpc) is 3.10. The Kier molecular flexibility index (Phi) is 8.92. The van der Waals surface area contributed by atoms with Crippen LogP contribution < -0.4 is 10.6 Å². The van der Waals surface area contributed by atoms with Crippen molar-refractivity contribution in [1.82, 2.24) is 25.4 Å². The normalized spacial score (nSPS) is 11.6. The Balaban J connectivity index is 1.90. The summed E-state index contributed by atoms with van der Waals surface area (Å²) in [5.74, 6) is 1.75. The van der Waals surface area contributed by atoms with Gasteiger partial charge in [0.2, 0.25) is 0 Å². The molecule has 2 N–H and O–H groups in total. The maximum absolute atomic E-state index is 6.04. The van der Waals surface area contributed by atoms with Crippen molar-refractivity contribution in [3.63, 3.8) is 0 Å². The maximum atomic E-state index is 6.04. The molecule has 0 saturated carbocycles. The SMILES string of the molecule is CCc1nncn1CCNC(=NCc1cccc(Cl)c1)NCCCOC. The Morgan fingerprint density at radius 2 is 2.15 bits per heavy atom. The first-order chi connectivity index (χ1) is 12.7. The van der Waals surface area contributed by atoms with E-state index in [1.54, 1.807) is 13.4 Å². The van der Waals surface area contributed by atoms with E-state index in [4.69, 9.17) is 16.3 Å². The second kappa shape index (κ2) is 11.5. The second-order valence-electron chi connectivity index (χ2n) is 5.79. The van der Waals surface area contributed by atoms with E-state index in [-0.39, 0.29) is 0 Å². The lowest BCUT2D eigenvalue weighted by molar-refractivity contribution is 0.195. The minimum absolute atomic E-state index is 0.563. The Hall–Kier alpha value is -2.12. The summed E-state index contributed by atoms with van der Waals surface area (Å²) in [6.45, 7) is 5.66. The first-order valence-corrected chi connectivity index (χ1v) is 9.23. The molecule has 1 aromatic carbocycles. The standard InChI is InChI=1S/C18H27ClN6O/c1-3-17-24-23-14-25(17)10-9-21-18(20-8-5-11-26-2)22-13-15-6-4-7-16(19)12-15/h4,6-7,12,14H,3,5,8-11,13H2,1-2H3,(H2,20,21,22). The lowest BCUT2D eigenvalue weighted by atomic mass is 10.2. The summed E-state index contributed by atoms with van der Waals surface area (Å²) >= 11 is 6.04. The molecule has 8 heteroatoms. The molecule has 2 rings (SSSR count). The van der Waals surface area contributed by atoms with Gasteiger partial charge in [0.05, 0.1) is 6.54 Å². The number of rotatable bonds is 10. The van der Waals surface area contributed by atoms with Gasteiger partial charge in [-0.3, -0.25) is 0 Å². The molecule has 0 amide bonds. The van der Waals surface area contributed by atoms with Crippen LogP contribution in [0.4, 0.5) is 0 Å². The highest BCUT2D eigenvalue weighted by molar-refractivity contribution is 6.30. The summed E-state index contributed by atoms with van der Waals surface area (Å²) in [6, 6.07) is 7.74. The average molecular weight is 379 g/mol. The largest absolute Gasteiger partial charge is 0.385 e. The van der Waals surface area contributed by atoms with Gasteiger partial charge in [0.25, 0.3) is 0 Å². The molecule has 142 valence electrons. The topological polar surface area (TPSA) is 76.4 Å². The number of aryl methyl sites for hydroxylation is 1. The van der Waals surface area contributed by atoms with Crippen molar-refractivity contribution in [2.75, 3.05) is 26.8 Å². The third kappa shape index (κ3) is 7.01. The van der Waals surface area contributed by atoms with Crippen molar-refractivity contribution >= 4 is 17.6 Å². The van der Waals surface area contributed by atoms with Crippen LogP contribution in [0.2, 0.25) is 5.02 Å². The van der Waals surface area contributed by atoms with Crippen LogP contribution in [0.1, 0.15) is 24.7 Å². The van der Waals surface area contributed by atoms with E-state index in [0.717, 1.165) is 61.5 Å². The monoisotopic (exact) mass is 378 g/mol. The highest BCUT2D eigenvalue weighted by Gasteiger charge is 2.03. The molecule has 1 heterocycles.